The molecular weight excluding hydrogens is 394 g/mol. The van der Waals surface area contributed by atoms with Crippen LogP contribution in [-0.2, 0) is 15.8 Å². The highest BCUT2D eigenvalue weighted by atomic mass is 79.9. The predicted octanol–water partition coefficient (Wildman–Crippen LogP) is 4.18. The van der Waals surface area contributed by atoms with Gasteiger partial charge in [0.05, 0.1) is 12.1 Å². The number of carbonyl (C=O) groups excluding carboxylic acids is 2. The molecule has 0 radical (unpaired) electrons. The highest BCUT2D eigenvalue weighted by Gasteiger charge is 2.49. The number of aliphatic hydroxyl groups is 1. The fourth-order valence-electron chi connectivity index (χ4n) is 3.30. The Bertz CT molecular complexity index is 883. The molecule has 26 heavy (non-hydrogen) atoms. The van der Waals surface area contributed by atoms with Gasteiger partial charge in [-0.05, 0) is 29.2 Å². The summed E-state index contributed by atoms with van der Waals surface area (Å²) in [5, 5.41) is 11.1. The molecule has 1 atom stereocenters. The molecule has 3 rings (SSSR count). The van der Waals surface area contributed by atoms with Gasteiger partial charge >= 0.3 is 0 Å². The van der Waals surface area contributed by atoms with Gasteiger partial charge in [-0.2, -0.15) is 0 Å². The molecule has 1 heterocycles. The first-order chi connectivity index (χ1) is 12.0. The predicted molar refractivity (Wildman–Crippen MR) is 106 cm³/mol. The molecule has 5 heteroatoms. The van der Waals surface area contributed by atoms with Crippen molar-refractivity contribution in [1.29, 1.82) is 0 Å². The number of carbonyl (C=O) groups is 2. The number of halogens is 1. The van der Waals surface area contributed by atoms with Gasteiger partial charge in [-0.15, -0.1) is 0 Å². The molecule has 1 aliphatic rings. The number of ketones is 1. The van der Waals surface area contributed by atoms with Gasteiger partial charge in [0.25, 0.3) is 5.91 Å². The molecule has 0 aliphatic carbocycles. The summed E-state index contributed by atoms with van der Waals surface area (Å²) in [7, 11) is 1.61. The van der Waals surface area contributed by atoms with E-state index in [4.69, 9.17) is 0 Å². The van der Waals surface area contributed by atoms with E-state index < -0.39 is 11.5 Å². The van der Waals surface area contributed by atoms with Crippen molar-refractivity contribution in [2.45, 2.75) is 38.2 Å². The number of likely N-dealkylation sites (N-methyl/N-ethyl adjacent to an activating group) is 1. The van der Waals surface area contributed by atoms with Crippen LogP contribution in [0.5, 0.6) is 0 Å². The fourth-order valence-corrected chi connectivity index (χ4v) is 3.66. The van der Waals surface area contributed by atoms with Gasteiger partial charge in [0.1, 0.15) is 0 Å². The monoisotopic (exact) mass is 415 g/mol. The molecule has 2 aromatic carbocycles. The molecule has 1 amide bonds. The van der Waals surface area contributed by atoms with E-state index in [1.54, 1.807) is 37.4 Å². The van der Waals surface area contributed by atoms with Crippen molar-refractivity contribution in [3.63, 3.8) is 0 Å². The number of rotatable bonds is 3. The van der Waals surface area contributed by atoms with Crippen molar-refractivity contribution >= 4 is 33.3 Å². The summed E-state index contributed by atoms with van der Waals surface area (Å²) >= 11 is 3.37. The largest absolute Gasteiger partial charge is 0.375 e. The molecule has 0 saturated heterocycles. The zero-order chi connectivity index (χ0) is 19.3. The molecule has 0 bridgehead atoms. The number of fused-ring (bicyclic) bond motifs is 1. The lowest BCUT2D eigenvalue weighted by Gasteiger charge is -2.22. The molecule has 136 valence electrons. The summed E-state index contributed by atoms with van der Waals surface area (Å²) in [4.78, 5) is 26.8. The van der Waals surface area contributed by atoms with E-state index in [1.807, 2.05) is 12.1 Å². The standard InChI is InChI=1S/C21H22BrNO3/c1-20(2,3)14-7-5-13(6-8-14)18(24)12-21(26)16-11-15(22)9-10-17(16)23(4)19(21)25/h5-11,26H,12H2,1-4H3. The average molecular weight is 416 g/mol. The Morgan fingerprint density at radius 1 is 1.15 bits per heavy atom. The minimum Gasteiger partial charge on any atom is -0.375 e. The molecule has 0 saturated carbocycles. The molecule has 2 aromatic rings. The zero-order valence-corrected chi connectivity index (χ0v) is 16.9. The Morgan fingerprint density at radius 3 is 2.35 bits per heavy atom. The van der Waals surface area contributed by atoms with E-state index >= 15 is 0 Å². The average Bonchev–Trinajstić information content (AvgIpc) is 2.76. The van der Waals surface area contributed by atoms with Crippen molar-refractivity contribution in [1.82, 2.24) is 0 Å². The van der Waals surface area contributed by atoms with Crippen molar-refractivity contribution in [3.05, 3.63) is 63.6 Å². The van der Waals surface area contributed by atoms with Crippen LogP contribution in [0, 0.1) is 0 Å². The molecule has 1 unspecified atom stereocenters. The lowest BCUT2D eigenvalue weighted by Crippen LogP contribution is -2.40. The third-order valence-electron chi connectivity index (χ3n) is 4.91. The van der Waals surface area contributed by atoms with Crippen LogP contribution in [-0.4, -0.2) is 23.8 Å². The van der Waals surface area contributed by atoms with Crippen LogP contribution in [0.15, 0.2) is 46.9 Å². The Labute approximate surface area is 162 Å². The maximum absolute atomic E-state index is 12.8. The van der Waals surface area contributed by atoms with Crippen molar-refractivity contribution in [3.8, 4) is 0 Å². The first-order valence-electron chi connectivity index (χ1n) is 8.48. The number of nitrogens with zero attached hydrogens (tertiary/aromatic N) is 1. The quantitative estimate of drug-likeness (QED) is 0.764. The van der Waals surface area contributed by atoms with E-state index in [0.29, 0.717) is 16.8 Å². The lowest BCUT2D eigenvalue weighted by atomic mass is 9.85. The van der Waals surface area contributed by atoms with Crippen molar-refractivity contribution < 1.29 is 14.7 Å². The van der Waals surface area contributed by atoms with Crippen LogP contribution in [0.4, 0.5) is 5.69 Å². The van der Waals surface area contributed by atoms with E-state index in [-0.39, 0.29) is 17.6 Å². The minimum absolute atomic E-state index is 0.00483. The first-order valence-corrected chi connectivity index (χ1v) is 9.27. The van der Waals surface area contributed by atoms with E-state index in [9.17, 15) is 14.7 Å². The molecule has 4 nitrogen and oxygen atoms in total. The number of Topliss-reactive ketones (excluding diaryl/α,β-unsaturated/α-hetero) is 1. The normalized spacial score (nSPS) is 19.6. The highest BCUT2D eigenvalue weighted by molar-refractivity contribution is 9.10. The number of benzene rings is 2. The number of hydrogen-bond acceptors (Lipinski definition) is 3. The minimum atomic E-state index is -1.84. The van der Waals surface area contributed by atoms with Gasteiger partial charge in [-0.25, -0.2) is 0 Å². The molecule has 1 aliphatic heterocycles. The smallest absolute Gasteiger partial charge is 0.263 e. The maximum Gasteiger partial charge on any atom is 0.263 e. The summed E-state index contributed by atoms with van der Waals surface area (Å²) in [5.41, 5.74) is 0.850. The Morgan fingerprint density at radius 2 is 1.77 bits per heavy atom. The van der Waals surface area contributed by atoms with E-state index in [1.165, 1.54) is 4.90 Å². The third kappa shape index (κ3) is 3.10. The highest BCUT2D eigenvalue weighted by Crippen LogP contribution is 2.43. The second-order valence-corrected chi connectivity index (χ2v) is 8.73. The molecule has 1 N–H and O–H groups in total. The first kappa shape index (κ1) is 18.8. The summed E-state index contributed by atoms with van der Waals surface area (Å²) < 4.78 is 0.750. The number of amides is 1. The molecule has 0 fully saturated rings. The summed E-state index contributed by atoms with van der Waals surface area (Å²) in [5.74, 6) is -0.743. The van der Waals surface area contributed by atoms with Crippen LogP contribution in [0.2, 0.25) is 0 Å². The van der Waals surface area contributed by atoms with Gasteiger partial charge in [-0.3, -0.25) is 9.59 Å². The van der Waals surface area contributed by atoms with Gasteiger partial charge < -0.3 is 10.0 Å². The van der Waals surface area contributed by atoms with E-state index in [0.717, 1.165) is 10.0 Å². The van der Waals surface area contributed by atoms with Gasteiger partial charge in [-0.1, -0.05) is 61.0 Å². The van der Waals surface area contributed by atoms with Crippen LogP contribution >= 0.6 is 15.9 Å². The van der Waals surface area contributed by atoms with Gasteiger partial charge in [0.2, 0.25) is 0 Å². The Kier molecular flexibility index (Phi) is 4.57. The molecule has 0 spiro atoms. The molecular formula is C21H22BrNO3. The second-order valence-electron chi connectivity index (χ2n) is 7.81. The third-order valence-corrected chi connectivity index (χ3v) is 5.41. The fraction of sp³-hybridized carbons (Fsp3) is 0.333. The second kappa shape index (κ2) is 6.32. The van der Waals surface area contributed by atoms with Crippen LogP contribution in [0.1, 0.15) is 48.7 Å². The van der Waals surface area contributed by atoms with E-state index in [2.05, 4.69) is 36.7 Å². The topological polar surface area (TPSA) is 57.6 Å². The summed E-state index contributed by atoms with van der Waals surface area (Å²) in [6.45, 7) is 6.32. The Balaban J connectivity index is 1.92. The number of anilines is 1. The lowest BCUT2D eigenvalue weighted by molar-refractivity contribution is -0.135. The van der Waals surface area contributed by atoms with Gasteiger partial charge in [0, 0.05) is 22.6 Å². The van der Waals surface area contributed by atoms with Crippen molar-refractivity contribution in [2.75, 3.05) is 11.9 Å². The van der Waals surface area contributed by atoms with Gasteiger partial charge in [0.15, 0.2) is 11.4 Å². The Hall–Kier alpha value is -1.98. The summed E-state index contributed by atoms with van der Waals surface area (Å²) in [6, 6.07) is 12.6. The molecule has 0 aromatic heterocycles. The van der Waals surface area contributed by atoms with Crippen LogP contribution < -0.4 is 4.90 Å². The van der Waals surface area contributed by atoms with Crippen molar-refractivity contribution in [2.24, 2.45) is 0 Å². The zero-order valence-electron chi connectivity index (χ0n) is 15.3. The van der Waals surface area contributed by atoms with Crippen LogP contribution in [0.25, 0.3) is 0 Å². The number of hydrogen-bond donors (Lipinski definition) is 1. The maximum atomic E-state index is 12.8. The van der Waals surface area contributed by atoms with Crippen LogP contribution in [0.3, 0.4) is 0 Å². The SMILES string of the molecule is CN1C(=O)C(O)(CC(=O)c2ccc(C(C)(C)C)cc2)c2cc(Br)ccc21. The summed E-state index contributed by atoms with van der Waals surface area (Å²) in [6.07, 6.45) is -0.283.